The van der Waals surface area contributed by atoms with Gasteiger partial charge in [0.15, 0.2) is 0 Å². The van der Waals surface area contributed by atoms with Crippen LogP contribution in [0.2, 0.25) is 18.6 Å². The Morgan fingerprint density at radius 2 is 1.92 bits per heavy atom. The van der Waals surface area contributed by atoms with Crippen LogP contribution in [-0.2, 0) is 16.0 Å². The molecule has 0 unspecified atom stereocenters. The van der Waals surface area contributed by atoms with Gasteiger partial charge >= 0.3 is 6.09 Å². The highest BCUT2D eigenvalue weighted by molar-refractivity contribution is 6.58. The molecule has 0 N–H and O–H groups in total. The van der Waals surface area contributed by atoms with Gasteiger partial charge in [0.2, 0.25) is 5.91 Å². The Bertz CT molecular complexity index is 738. The number of hydrogen-bond acceptors (Lipinski definition) is 3. The number of benzene rings is 1. The van der Waals surface area contributed by atoms with Crippen molar-refractivity contribution in [2.75, 3.05) is 6.61 Å². The van der Waals surface area contributed by atoms with Crippen LogP contribution in [-0.4, -0.2) is 43.7 Å². The monoisotopic (exact) mass is 388 g/mol. The predicted octanol–water partition coefficient (Wildman–Crippen LogP) is 3.74. The van der Waals surface area contributed by atoms with Gasteiger partial charge < -0.3 is 4.74 Å². The number of carbonyl (C=O) groups is 2. The van der Waals surface area contributed by atoms with Gasteiger partial charge in [-0.1, -0.05) is 55.6 Å². The molecule has 1 aromatic carbocycles. The second-order valence-electron chi connectivity index (χ2n) is 7.74. The summed E-state index contributed by atoms with van der Waals surface area (Å²) in [5.74, 6) is -0.0608. The van der Waals surface area contributed by atoms with Gasteiger partial charge in [0.1, 0.15) is 6.61 Å². The SMILES string of the molecule is C[Si](C)[C@@H]1[C@@H]2C=C[C@H]1[C@H](Cl)[C@H]2C(=O)N1C(=O)OC[C@@H]1Cc1ccccc1. The molecule has 2 aliphatic carbocycles. The minimum Gasteiger partial charge on any atom is -0.447 e. The van der Waals surface area contributed by atoms with E-state index in [0.29, 0.717) is 12.0 Å². The van der Waals surface area contributed by atoms with Crippen molar-refractivity contribution >= 4 is 32.4 Å². The first-order chi connectivity index (χ1) is 12.5. The number of fused-ring (bicyclic) bond motifs is 2. The maximum Gasteiger partial charge on any atom is 0.416 e. The number of cyclic esters (lactones) is 1. The van der Waals surface area contributed by atoms with Crippen molar-refractivity contribution in [2.24, 2.45) is 17.8 Å². The van der Waals surface area contributed by atoms with Crippen molar-refractivity contribution < 1.29 is 14.3 Å². The molecule has 1 aromatic rings. The molecule has 0 spiro atoms. The van der Waals surface area contributed by atoms with E-state index < -0.39 is 14.9 Å². The maximum atomic E-state index is 13.3. The van der Waals surface area contributed by atoms with Gasteiger partial charge in [0.25, 0.3) is 0 Å². The molecule has 4 nitrogen and oxygen atoms in total. The number of alkyl halides is 1. The van der Waals surface area contributed by atoms with Crippen molar-refractivity contribution in [3.05, 3.63) is 48.0 Å². The van der Waals surface area contributed by atoms with Crippen molar-refractivity contribution in [3.8, 4) is 0 Å². The zero-order valence-electron chi connectivity index (χ0n) is 15.0. The van der Waals surface area contributed by atoms with Gasteiger partial charge in [-0.05, 0) is 29.4 Å². The molecular weight excluding hydrogens is 366 g/mol. The van der Waals surface area contributed by atoms with Crippen LogP contribution < -0.4 is 0 Å². The number of imide groups is 1. The van der Waals surface area contributed by atoms with Gasteiger partial charge in [-0.3, -0.25) is 4.79 Å². The van der Waals surface area contributed by atoms with Gasteiger partial charge in [0.05, 0.1) is 17.3 Å². The molecule has 26 heavy (non-hydrogen) atoms. The molecule has 6 heteroatoms. The summed E-state index contributed by atoms with van der Waals surface area (Å²) < 4.78 is 5.23. The normalized spacial score (nSPS) is 35.4. The molecule has 0 aromatic heterocycles. The number of amides is 2. The number of hydrogen-bond donors (Lipinski definition) is 0. The van der Waals surface area contributed by atoms with Crippen LogP contribution in [0.4, 0.5) is 4.79 Å². The third-order valence-corrected chi connectivity index (χ3v) is 8.64. The lowest BCUT2D eigenvalue weighted by molar-refractivity contribution is -0.134. The lowest BCUT2D eigenvalue weighted by Gasteiger charge is -2.28. The second-order valence-corrected chi connectivity index (χ2v) is 11.1. The number of ether oxygens (including phenoxy) is 1. The highest BCUT2D eigenvalue weighted by Gasteiger charge is 2.57. The van der Waals surface area contributed by atoms with Crippen LogP contribution in [0.25, 0.3) is 0 Å². The Hall–Kier alpha value is -1.59. The van der Waals surface area contributed by atoms with E-state index in [1.807, 2.05) is 30.3 Å². The smallest absolute Gasteiger partial charge is 0.416 e. The average molecular weight is 389 g/mol. The third-order valence-electron chi connectivity index (χ3n) is 5.97. The Balaban J connectivity index is 1.56. The summed E-state index contributed by atoms with van der Waals surface area (Å²) in [4.78, 5) is 27.0. The molecule has 1 aliphatic heterocycles. The quantitative estimate of drug-likeness (QED) is 0.448. The van der Waals surface area contributed by atoms with E-state index in [1.165, 1.54) is 4.90 Å². The minimum absolute atomic E-state index is 0.154. The van der Waals surface area contributed by atoms with E-state index >= 15 is 0 Å². The lowest BCUT2D eigenvalue weighted by atomic mass is 9.91. The summed E-state index contributed by atoms with van der Waals surface area (Å²) in [6, 6.07) is 9.65. The van der Waals surface area contributed by atoms with Crippen LogP contribution in [0.1, 0.15) is 5.56 Å². The standard InChI is InChI=1S/C20H23ClNO3Si/c1-26(2)18-14-8-9-15(18)17(21)16(14)19(23)22-13(11-25-20(22)24)10-12-6-4-3-5-7-12/h3-9,13-18H,10-11H2,1-2H3/t13-,14+,15-,16-,17-,18+/m0/s1. The zero-order valence-corrected chi connectivity index (χ0v) is 16.7. The molecule has 3 aliphatic rings. The molecule has 1 saturated carbocycles. The van der Waals surface area contributed by atoms with Gasteiger partial charge in [-0.2, -0.15) is 0 Å². The topological polar surface area (TPSA) is 46.6 Å². The van der Waals surface area contributed by atoms with Crippen LogP contribution in [0.3, 0.4) is 0 Å². The lowest BCUT2D eigenvalue weighted by Crippen LogP contribution is -2.46. The minimum atomic E-state index is -0.577. The van der Waals surface area contributed by atoms with E-state index in [9.17, 15) is 9.59 Å². The van der Waals surface area contributed by atoms with Crippen LogP contribution in [0, 0.1) is 17.8 Å². The van der Waals surface area contributed by atoms with E-state index in [4.69, 9.17) is 16.3 Å². The Morgan fingerprint density at radius 1 is 1.23 bits per heavy atom. The zero-order chi connectivity index (χ0) is 18.4. The first-order valence-corrected chi connectivity index (χ1v) is 12.2. The molecule has 137 valence electrons. The second kappa shape index (κ2) is 6.85. The van der Waals surface area contributed by atoms with Crippen LogP contribution >= 0.6 is 11.6 Å². The fraction of sp³-hybridized carbons (Fsp3) is 0.500. The maximum absolute atomic E-state index is 13.3. The molecule has 2 bridgehead atoms. The fourth-order valence-corrected chi connectivity index (χ4v) is 7.66. The summed E-state index contributed by atoms with van der Waals surface area (Å²) in [7, 11) is -0.577. The van der Waals surface area contributed by atoms with Crippen LogP contribution in [0.5, 0.6) is 0 Å². The Kier molecular flexibility index (Phi) is 4.69. The van der Waals surface area contributed by atoms with Crippen LogP contribution in [0.15, 0.2) is 42.5 Å². The van der Waals surface area contributed by atoms with Crippen molar-refractivity contribution in [2.45, 2.75) is 36.5 Å². The molecule has 6 atom stereocenters. The summed E-state index contributed by atoms with van der Waals surface area (Å²) in [6.07, 6.45) is 4.42. The molecule has 2 amide bonds. The molecular formula is C20H23ClNO3Si. The number of allylic oxidation sites excluding steroid dienone is 2. The van der Waals surface area contributed by atoms with E-state index in [1.54, 1.807) is 0 Å². The van der Waals surface area contributed by atoms with E-state index in [2.05, 4.69) is 25.2 Å². The highest BCUT2D eigenvalue weighted by Crippen LogP contribution is 2.56. The molecule has 1 heterocycles. The number of nitrogens with zero attached hydrogens (tertiary/aromatic N) is 1. The number of rotatable bonds is 4. The Labute approximate surface area is 160 Å². The number of carbonyl (C=O) groups excluding carboxylic acids is 2. The van der Waals surface area contributed by atoms with Crippen molar-refractivity contribution in [1.29, 1.82) is 0 Å². The van der Waals surface area contributed by atoms with Gasteiger partial charge in [-0.25, -0.2) is 9.69 Å². The summed E-state index contributed by atoms with van der Waals surface area (Å²) in [6.45, 7) is 4.81. The molecule has 2 fully saturated rings. The molecule has 1 saturated heterocycles. The van der Waals surface area contributed by atoms with E-state index in [0.717, 1.165) is 5.56 Å². The molecule has 1 radical (unpaired) electrons. The predicted molar refractivity (Wildman–Crippen MR) is 103 cm³/mol. The average Bonchev–Trinajstić information content (AvgIpc) is 3.27. The third kappa shape index (κ3) is 2.81. The largest absolute Gasteiger partial charge is 0.447 e. The van der Waals surface area contributed by atoms with Crippen molar-refractivity contribution in [3.63, 3.8) is 0 Å². The first kappa shape index (κ1) is 17.8. The summed E-state index contributed by atoms with van der Waals surface area (Å²) in [5, 5.41) is -0.229. The first-order valence-electron chi connectivity index (χ1n) is 9.15. The Morgan fingerprint density at radius 3 is 2.58 bits per heavy atom. The van der Waals surface area contributed by atoms with Gasteiger partial charge in [0, 0.05) is 8.80 Å². The summed E-state index contributed by atoms with van der Waals surface area (Å²) >= 11 is 6.71. The molecule has 4 rings (SSSR count). The van der Waals surface area contributed by atoms with E-state index in [-0.39, 0.29) is 41.7 Å². The van der Waals surface area contributed by atoms with Gasteiger partial charge in [-0.15, -0.1) is 11.6 Å². The summed E-state index contributed by atoms with van der Waals surface area (Å²) in [5.41, 5.74) is 1.57. The van der Waals surface area contributed by atoms with Crippen molar-refractivity contribution in [1.82, 2.24) is 4.90 Å². The highest BCUT2D eigenvalue weighted by atomic mass is 35.5. The fourth-order valence-electron chi connectivity index (χ4n) is 4.85. The number of halogens is 1.